The lowest BCUT2D eigenvalue weighted by Gasteiger charge is -2.15. The summed E-state index contributed by atoms with van der Waals surface area (Å²) in [6, 6.07) is 14.5. The summed E-state index contributed by atoms with van der Waals surface area (Å²) in [5, 5.41) is 0. The highest BCUT2D eigenvalue weighted by molar-refractivity contribution is 5.82. The standard InChI is InChI=1S/C43H66N2/c1-7-13-19-24-36-28-34(22-16-10-4)30-38(32-36)42-40(26-18-12-6)41(27-21-15-9-3)43(45(42)44)39-31-35(23-17-11-5)29-37(33-39)25-20-14-8-2/h28-33H,7-27H2,1-6H3. The SMILES string of the molecule is CCCCCC1=C(c2cc(CCCC)cc(CCCCC)c2)[N+](=[N-])C(c2cc(CCCC)cc(CCCCC)c2)=C1CCCC. The molecule has 0 saturated carbocycles. The highest BCUT2D eigenvalue weighted by atomic mass is 15.2. The van der Waals surface area contributed by atoms with Crippen molar-refractivity contribution < 1.29 is 4.70 Å². The predicted molar refractivity (Wildman–Crippen MR) is 198 cm³/mol. The molecule has 248 valence electrons. The maximum absolute atomic E-state index is 12.4. The Morgan fingerprint density at radius 1 is 0.378 bits per heavy atom. The minimum absolute atomic E-state index is 1.02. The molecule has 0 radical (unpaired) electrons. The number of hydrogen-bond donors (Lipinski definition) is 0. The quantitative estimate of drug-likeness (QED) is 0.0883. The molecule has 45 heavy (non-hydrogen) atoms. The van der Waals surface area contributed by atoms with Gasteiger partial charge in [-0.1, -0.05) is 111 Å². The van der Waals surface area contributed by atoms with Gasteiger partial charge in [0.05, 0.1) is 0 Å². The Labute approximate surface area is 278 Å². The van der Waals surface area contributed by atoms with Gasteiger partial charge in [-0.25, -0.2) is 4.70 Å². The van der Waals surface area contributed by atoms with Gasteiger partial charge in [0.2, 0.25) is 11.4 Å². The van der Waals surface area contributed by atoms with Crippen LogP contribution >= 0.6 is 0 Å². The second kappa shape index (κ2) is 20.6. The number of unbranched alkanes of at least 4 members (excludes halogenated alkanes) is 9. The minimum atomic E-state index is 1.02. The van der Waals surface area contributed by atoms with Crippen molar-refractivity contribution >= 4 is 11.4 Å². The van der Waals surface area contributed by atoms with Gasteiger partial charge in [-0.05, 0) is 124 Å². The highest BCUT2D eigenvalue weighted by Gasteiger charge is 2.35. The number of hydrogen-bond acceptors (Lipinski definition) is 0. The molecule has 2 heteroatoms. The van der Waals surface area contributed by atoms with E-state index in [1.165, 1.54) is 128 Å². The van der Waals surface area contributed by atoms with Gasteiger partial charge in [0.15, 0.2) is 0 Å². The van der Waals surface area contributed by atoms with E-state index in [1.807, 2.05) is 0 Å². The molecule has 0 fully saturated rings. The molecule has 1 aliphatic heterocycles. The smallest absolute Gasteiger partial charge is 0.211 e. The normalized spacial score (nSPS) is 13.5. The molecule has 2 nitrogen and oxygen atoms in total. The third kappa shape index (κ3) is 11.1. The lowest BCUT2D eigenvalue weighted by molar-refractivity contribution is -0.345. The maximum Gasteiger partial charge on any atom is 0.211 e. The fraction of sp³-hybridized carbons (Fsp3) is 0.628. The summed E-state index contributed by atoms with van der Waals surface area (Å²) in [5.74, 6) is 0. The van der Waals surface area contributed by atoms with Crippen LogP contribution in [0.1, 0.15) is 184 Å². The second-order valence-electron chi connectivity index (χ2n) is 13.7. The third-order valence-corrected chi connectivity index (χ3v) is 9.60. The van der Waals surface area contributed by atoms with Crippen LogP contribution in [0.2, 0.25) is 0 Å². The number of allylic oxidation sites excluding steroid dienone is 2. The zero-order valence-corrected chi connectivity index (χ0v) is 30.2. The highest BCUT2D eigenvalue weighted by Crippen LogP contribution is 2.45. The van der Waals surface area contributed by atoms with Crippen molar-refractivity contribution in [1.82, 2.24) is 0 Å². The Kier molecular flexibility index (Phi) is 16.9. The molecule has 0 spiro atoms. The molecule has 0 amide bonds. The van der Waals surface area contributed by atoms with E-state index in [0.29, 0.717) is 0 Å². The number of benzene rings is 2. The molecule has 2 aromatic rings. The van der Waals surface area contributed by atoms with Crippen LogP contribution in [0.25, 0.3) is 16.9 Å². The Hall–Kier alpha value is -2.48. The van der Waals surface area contributed by atoms with E-state index in [2.05, 4.69) is 77.9 Å². The van der Waals surface area contributed by atoms with Crippen molar-refractivity contribution in [2.45, 2.75) is 176 Å². The van der Waals surface area contributed by atoms with Gasteiger partial charge < -0.3 is 5.53 Å². The minimum Gasteiger partial charge on any atom is -0.493 e. The van der Waals surface area contributed by atoms with Crippen LogP contribution in [0.4, 0.5) is 0 Å². The van der Waals surface area contributed by atoms with Crippen LogP contribution in [0.3, 0.4) is 0 Å². The van der Waals surface area contributed by atoms with Gasteiger partial charge in [0, 0.05) is 22.3 Å². The van der Waals surface area contributed by atoms with E-state index < -0.39 is 0 Å². The van der Waals surface area contributed by atoms with Crippen molar-refractivity contribution in [2.24, 2.45) is 0 Å². The Morgan fingerprint density at radius 2 is 0.667 bits per heavy atom. The summed E-state index contributed by atoms with van der Waals surface area (Å²) in [4.78, 5) is 0. The van der Waals surface area contributed by atoms with Gasteiger partial charge >= 0.3 is 0 Å². The molecule has 0 unspecified atom stereocenters. The molecule has 0 bridgehead atoms. The van der Waals surface area contributed by atoms with Gasteiger partial charge in [-0.15, -0.1) is 0 Å². The van der Waals surface area contributed by atoms with Crippen LogP contribution in [0.5, 0.6) is 0 Å². The molecule has 0 aromatic heterocycles. The monoisotopic (exact) mass is 611 g/mol. The fourth-order valence-electron chi connectivity index (χ4n) is 6.99. The van der Waals surface area contributed by atoms with Gasteiger partial charge in [0.1, 0.15) is 0 Å². The summed E-state index contributed by atoms with van der Waals surface area (Å²) >= 11 is 0. The van der Waals surface area contributed by atoms with Gasteiger partial charge in [-0.2, -0.15) is 0 Å². The molecular formula is C43H66N2. The number of aryl methyl sites for hydroxylation is 4. The summed E-state index contributed by atoms with van der Waals surface area (Å²) in [7, 11) is 0. The molecular weight excluding hydrogens is 544 g/mol. The average molecular weight is 611 g/mol. The summed E-state index contributed by atoms with van der Waals surface area (Å²) in [6.07, 6.45) is 24.7. The molecule has 3 rings (SSSR count). The van der Waals surface area contributed by atoms with Crippen molar-refractivity contribution in [2.75, 3.05) is 0 Å². The molecule has 1 aliphatic rings. The third-order valence-electron chi connectivity index (χ3n) is 9.60. The van der Waals surface area contributed by atoms with E-state index >= 15 is 0 Å². The van der Waals surface area contributed by atoms with Crippen molar-refractivity contribution in [3.05, 3.63) is 86.5 Å². The molecule has 2 aromatic carbocycles. The largest absolute Gasteiger partial charge is 0.493 e. The summed E-state index contributed by atoms with van der Waals surface area (Å²) in [6.45, 7) is 13.7. The topological polar surface area (TPSA) is 25.3 Å². The van der Waals surface area contributed by atoms with Crippen molar-refractivity contribution in [3.63, 3.8) is 0 Å². The first kappa shape index (κ1) is 37.0. The molecule has 0 saturated heterocycles. The van der Waals surface area contributed by atoms with Crippen LogP contribution in [0, 0.1) is 0 Å². The summed E-state index contributed by atoms with van der Waals surface area (Å²) in [5.41, 5.74) is 25.5. The Bertz CT molecular complexity index is 1260. The average Bonchev–Trinajstić information content (AvgIpc) is 3.32. The van der Waals surface area contributed by atoms with E-state index in [1.54, 1.807) is 4.70 Å². The van der Waals surface area contributed by atoms with Gasteiger partial charge in [0.25, 0.3) is 0 Å². The Morgan fingerprint density at radius 3 is 1.02 bits per heavy atom. The van der Waals surface area contributed by atoms with Crippen molar-refractivity contribution in [3.8, 4) is 0 Å². The van der Waals surface area contributed by atoms with Crippen molar-refractivity contribution in [1.29, 1.82) is 0 Å². The van der Waals surface area contributed by atoms with E-state index in [-0.39, 0.29) is 0 Å². The zero-order chi connectivity index (χ0) is 32.4. The molecule has 0 atom stereocenters. The first-order valence-corrected chi connectivity index (χ1v) is 19.2. The molecule has 1 heterocycles. The Balaban J connectivity index is 2.20. The number of nitrogens with zero attached hydrogens (tertiary/aromatic N) is 2. The van der Waals surface area contributed by atoms with Crippen LogP contribution in [-0.2, 0) is 25.7 Å². The zero-order valence-electron chi connectivity index (χ0n) is 30.2. The lowest BCUT2D eigenvalue weighted by Crippen LogP contribution is -2.05. The summed E-state index contributed by atoms with van der Waals surface area (Å²) < 4.78 is 1.65. The van der Waals surface area contributed by atoms with E-state index in [0.717, 1.165) is 62.8 Å². The van der Waals surface area contributed by atoms with E-state index in [4.69, 9.17) is 0 Å². The molecule has 0 N–H and O–H groups in total. The predicted octanol–water partition coefficient (Wildman–Crippen LogP) is 13.8. The maximum atomic E-state index is 12.4. The van der Waals surface area contributed by atoms with Gasteiger partial charge in [-0.3, -0.25) is 0 Å². The number of rotatable bonds is 23. The second-order valence-corrected chi connectivity index (χ2v) is 13.7. The fourth-order valence-corrected chi connectivity index (χ4v) is 6.99. The first-order valence-electron chi connectivity index (χ1n) is 19.2. The first-order chi connectivity index (χ1) is 22.0. The molecule has 0 aliphatic carbocycles. The van der Waals surface area contributed by atoms with Crippen LogP contribution in [0.15, 0.2) is 47.5 Å². The lowest BCUT2D eigenvalue weighted by atomic mass is 9.90. The van der Waals surface area contributed by atoms with E-state index in [9.17, 15) is 5.53 Å². The van der Waals surface area contributed by atoms with Crippen LogP contribution in [-0.4, -0.2) is 4.70 Å². The van der Waals surface area contributed by atoms with Crippen LogP contribution < -0.4 is 0 Å².